The molecule has 15 heavy (non-hydrogen) atoms. The van der Waals surface area contributed by atoms with Crippen LogP contribution in [0.4, 0.5) is 0 Å². The molecule has 1 nitrogen and oxygen atoms in total. The van der Waals surface area contributed by atoms with E-state index in [0.717, 1.165) is 5.75 Å². The highest BCUT2D eigenvalue weighted by Crippen LogP contribution is 2.14. The molecule has 0 radical (unpaired) electrons. The van der Waals surface area contributed by atoms with E-state index in [2.05, 4.69) is 34.7 Å². The van der Waals surface area contributed by atoms with Gasteiger partial charge in [0, 0.05) is 3.57 Å². The van der Waals surface area contributed by atoms with Gasteiger partial charge in [0.25, 0.3) is 0 Å². The van der Waals surface area contributed by atoms with Crippen molar-refractivity contribution in [3.05, 3.63) is 63.7 Å². The zero-order chi connectivity index (χ0) is 10.5. The lowest BCUT2D eigenvalue weighted by Crippen LogP contribution is -1.94. The van der Waals surface area contributed by atoms with Crippen LogP contribution in [-0.4, -0.2) is 0 Å². The Labute approximate surface area is 103 Å². The molecule has 2 rings (SSSR count). The molecule has 0 aliphatic heterocycles. The molecule has 0 fully saturated rings. The molecule has 0 unspecified atom stereocenters. The number of rotatable bonds is 3. The number of hydrogen-bond donors (Lipinski definition) is 0. The van der Waals surface area contributed by atoms with Gasteiger partial charge in [-0.05, 0) is 52.4 Å². The highest BCUT2D eigenvalue weighted by molar-refractivity contribution is 14.1. The zero-order valence-corrected chi connectivity index (χ0v) is 10.3. The molecule has 0 aliphatic rings. The lowest BCUT2D eigenvalue weighted by molar-refractivity contribution is 0.306. The smallest absolute Gasteiger partial charge is 0.119 e. The van der Waals surface area contributed by atoms with Crippen molar-refractivity contribution in [3.63, 3.8) is 0 Å². The lowest BCUT2D eigenvalue weighted by Gasteiger charge is -2.05. The van der Waals surface area contributed by atoms with Crippen LogP contribution in [0.15, 0.2) is 54.6 Å². The predicted molar refractivity (Wildman–Crippen MR) is 69.9 cm³/mol. The summed E-state index contributed by atoms with van der Waals surface area (Å²) < 4.78 is 6.87. The van der Waals surface area contributed by atoms with E-state index >= 15 is 0 Å². The van der Waals surface area contributed by atoms with Crippen LogP contribution in [0.5, 0.6) is 5.75 Å². The molecule has 2 aromatic carbocycles. The van der Waals surface area contributed by atoms with E-state index in [-0.39, 0.29) is 0 Å². The first-order valence-corrected chi connectivity index (χ1v) is 5.85. The van der Waals surface area contributed by atoms with Crippen molar-refractivity contribution < 1.29 is 4.74 Å². The fourth-order valence-corrected chi connectivity index (χ4v) is 1.63. The quantitative estimate of drug-likeness (QED) is 0.782. The van der Waals surface area contributed by atoms with Gasteiger partial charge in [-0.1, -0.05) is 30.3 Å². The molecule has 0 saturated carbocycles. The molecule has 0 amide bonds. The average molecular weight is 311 g/mol. The molecule has 2 aromatic rings. The summed E-state index contributed by atoms with van der Waals surface area (Å²) in [4.78, 5) is 0. The molecule has 0 atom stereocenters. The third-order valence-electron chi connectivity index (χ3n) is 2.06. The Balaban J connectivity index is 1.96. The van der Waals surface area contributed by atoms with E-state index in [0.29, 0.717) is 6.61 Å². The van der Waals surface area contributed by atoms with Crippen molar-refractivity contribution in [2.75, 3.05) is 0 Å². The Morgan fingerprint density at radius 2 is 1.53 bits per heavy atom. The van der Waals surface area contributed by atoms with Gasteiger partial charge in [-0.2, -0.15) is 0 Å². The van der Waals surface area contributed by atoms with E-state index in [1.807, 2.05) is 42.5 Å². The molecular weight excluding hydrogens is 300 g/mol. The second-order valence-corrected chi connectivity index (χ2v) is 4.47. The maximum Gasteiger partial charge on any atom is 0.119 e. The normalized spacial score (nSPS) is 9.93. The maximum atomic E-state index is 5.64. The summed E-state index contributed by atoms with van der Waals surface area (Å²) >= 11 is 2.28. The predicted octanol–water partition coefficient (Wildman–Crippen LogP) is 3.87. The summed E-state index contributed by atoms with van der Waals surface area (Å²) in [5.74, 6) is 0.916. The monoisotopic (exact) mass is 311 g/mol. The fraction of sp³-hybridized carbons (Fsp3) is 0.0769. The number of hydrogen-bond acceptors (Lipinski definition) is 1. The van der Waals surface area contributed by atoms with Crippen LogP contribution < -0.4 is 4.74 Å². The molecule has 0 bridgehead atoms. The van der Waals surface area contributed by atoms with Gasteiger partial charge >= 0.3 is 0 Å². The summed E-state index contributed by atoms with van der Waals surface area (Å²) in [6.45, 7) is 0.626. The Morgan fingerprint density at radius 3 is 2.20 bits per heavy atom. The SMILES string of the molecule is Ic1ccc(OC[13c]2ccccc2)cc1. The van der Waals surface area contributed by atoms with Gasteiger partial charge in [0.1, 0.15) is 12.4 Å². The van der Waals surface area contributed by atoms with Crippen molar-refractivity contribution in [3.8, 4) is 5.75 Å². The third kappa shape index (κ3) is 3.23. The zero-order valence-electron chi connectivity index (χ0n) is 8.19. The Kier molecular flexibility index (Phi) is 3.61. The highest BCUT2D eigenvalue weighted by atomic mass is 127. The molecule has 0 aliphatic carbocycles. The van der Waals surface area contributed by atoms with Crippen LogP contribution in [0.25, 0.3) is 0 Å². The first kappa shape index (κ1) is 10.5. The molecular formula is C13H11IO. The Bertz CT molecular complexity index is 408. The summed E-state index contributed by atoms with van der Waals surface area (Å²) in [7, 11) is 0. The van der Waals surface area contributed by atoms with Gasteiger partial charge in [-0.15, -0.1) is 0 Å². The largest absolute Gasteiger partial charge is 0.489 e. The van der Waals surface area contributed by atoms with Crippen LogP contribution in [0.1, 0.15) is 5.56 Å². The number of benzene rings is 2. The van der Waals surface area contributed by atoms with Gasteiger partial charge in [0.2, 0.25) is 0 Å². The Morgan fingerprint density at radius 1 is 0.867 bits per heavy atom. The molecule has 0 heterocycles. The second kappa shape index (κ2) is 5.16. The standard InChI is InChI=1S/C13H11IO/c14-12-6-8-13(9-7-12)15-10-11-4-2-1-3-5-11/h1-9H,10H2/i11+1. The second-order valence-electron chi connectivity index (χ2n) is 3.23. The summed E-state index contributed by atoms with van der Waals surface area (Å²) in [6.07, 6.45) is 0. The average Bonchev–Trinajstić information content (AvgIpc) is 2.30. The maximum absolute atomic E-state index is 5.64. The molecule has 0 saturated heterocycles. The lowest BCUT2D eigenvalue weighted by atomic mass is 10.3. The molecule has 0 N–H and O–H groups in total. The van der Waals surface area contributed by atoms with Crippen LogP contribution in [0.3, 0.4) is 0 Å². The Hall–Kier alpha value is -1.03. The number of halogens is 1. The van der Waals surface area contributed by atoms with Crippen molar-refractivity contribution in [2.45, 2.75) is 6.61 Å². The summed E-state index contributed by atoms with van der Waals surface area (Å²) in [6, 6.07) is 18.2. The van der Waals surface area contributed by atoms with E-state index in [1.165, 1.54) is 9.13 Å². The van der Waals surface area contributed by atoms with Crippen molar-refractivity contribution in [1.29, 1.82) is 0 Å². The van der Waals surface area contributed by atoms with Gasteiger partial charge in [0.15, 0.2) is 0 Å². The van der Waals surface area contributed by atoms with E-state index in [4.69, 9.17) is 4.74 Å². The van der Waals surface area contributed by atoms with Crippen LogP contribution in [0, 0.1) is 3.57 Å². The molecule has 0 aromatic heterocycles. The van der Waals surface area contributed by atoms with Gasteiger partial charge in [-0.25, -0.2) is 0 Å². The van der Waals surface area contributed by atoms with Crippen molar-refractivity contribution >= 4 is 22.6 Å². The molecule has 76 valence electrons. The number of ether oxygens (including phenoxy) is 1. The van der Waals surface area contributed by atoms with Gasteiger partial charge in [0.05, 0.1) is 0 Å². The molecule has 2 heteroatoms. The minimum atomic E-state index is 0.626. The van der Waals surface area contributed by atoms with E-state index in [9.17, 15) is 0 Å². The first-order valence-electron chi connectivity index (χ1n) is 4.77. The third-order valence-corrected chi connectivity index (χ3v) is 2.78. The van der Waals surface area contributed by atoms with Crippen LogP contribution in [-0.2, 0) is 6.61 Å². The van der Waals surface area contributed by atoms with Crippen molar-refractivity contribution in [1.82, 2.24) is 0 Å². The summed E-state index contributed by atoms with van der Waals surface area (Å²) in [5.41, 5.74) is 1.19. The fourth-order valence-electron chi connectivity index (χ4n) is 1.27. The van der Waals surface area contributed by atoms with Gasteiger partial charge < -0.3 is 4.74 Å². The first-order chi connectivity index (χ1) is 7.34. The molecule has 0 spiro atoms. The van der Waals surface area contributed by atoms with E-state index in [1.54, 1.807) is 0 Å². The van der Waals surface area contributed by atoms with Crippen molar-refractivity contribution in [2.24, 2.45) is 0 Å². The highest BCUT2D eigenvalue weighted by Gasteiger charge is 1.94. The minimum Gasteiger partial charge on any atom is -0.489 e. The van der Waals surface area contributed by atoms with E-state index < -0.39 is 0 Å². The minimum absolute atomic E-state index is 0.626. The van der Waals surface area contributed by atoms with Crippen LogP contribution in [0.2, 0.25) is 0 Å². The summed E-state index contributed by atoms with van der Waals surface area (Å²) in [5, 5.41) is 0. The van der Waals surface area contributed by atoms with Gasteiger partial charge in [-0.3, -0.25) is 0 Å². The topological polar surface area (TPSA) is 9.23 Å². The van der Waals surface area contributed by atoms with Crippen LogP contribution >= 0.6 is 22.6 Å².